The molecule has 1 heterocycles. The lowest BCUT2D eigenvalue weighted by Gasteiger charge is -2.12. The fourth-order valence-corrected chi connectivity index (χ4v) is 2.27. The molecule has 0 spiro atoms. The van der Waals surface area contributed by atoms with Crippen molar-refractivity contribution in [2.24, 2.45) is 0 Å². The Balaban J connectivity index is 2.08. The molecule has 2 rings (SSSR count). The number of nitrogens with one attached hydrogen (secondary N) is 2. The number of carbonyl (C=O) groups excluding carboxylic acids is 1. The Kier molecular flexibility index (Phi) is 3.84. The van der Waals surface area contributed by atoms with Crippen LogP contribution in [0.4, 0.5) is 5.69 Å². The molecular formula is C11H12BrClN2O. The summed E-state index contributed by atoms with van der Waals surface area (Å²) >= 11 is 9.29. The number of hydrogen-bond donors (Lipinski definition) is 2. The van der Waals surface area contributed by atoms with Gasteiger partial charge in [0.25, 0.3) is 0 Å². The van der Waals surface area contributed by atoms with Crippen LogP contribution in [0.3, 0.4) is 0 Å². The minimum atomic E-state index is -0.0779. The van der Waals surface area contributed by atoms with E-state index in [1.807, 2.05) is 12.1 Å². The van der Waals surface area contributed by atoms with Gasteiger partial charge in [-0.3, -0.25) is 4.79 Å². The van der Waals surface area contributed by atoms with E-state index >= 15 is 0 Å². The zero-order valence-electron chi connectivity index (χ0n) is 8.59. The number of benzene rings is 1. The highest BCUT2D eigenvalue weighted by Gasteiger charge is 2.22. The van der Waals surface area contributed by atoms with Gasteiger partial charge in [0.05, 0.1) is 21.2 Å². The molecule has 1 atom stereocenters. The van der Waals surface area contributed by atoms with Gasteiger partial charge >= 0.3 is 0 Å². The SMILES string of the molecule is O=C(Nc1cccc(Cl)c1Br)C1CCCN1. The van der Waals surface area contributed by atoms with Crippen molar-refractivity contribution in [3.8, 4) is 0 Å². The van der Waals surface area contributed by atoms with Crippen molar-refractivity contribution in [3.05, 3.63) is 27.7 Å². The molecule has 3 nitrogen and oxygen atoms in total. The average molecular weight is 304 g/mol. The van der Waals surface area contributed by atoms with Crippen LogP contribution in [0, 0.1) is 0 Å². The van der Waals surface area contributed by atoms with Crippen molar-refractivity contribution in [2.75, 3.05) is 11.9 Å². The molecule has 0 saturated carbocycles. The third-order valence-electron chi connectivity index (χ3n) is 2.59. The van der Waals surface area contributed by atoms with Gasteiger partial charge in [0, 0.05) is 0 Å². The third kappa shape index (κ3) is 2.56. The monoisotopic (exact) mass is 302 g/mol. The molecule has 0 radical (unpaired) electrons. The van der Waals surface area contributed by atoms with E-state index in [1.165, 1.54) is 0 Å². The quantitative estimate of drug-likeness (QED) is 0.882. The predicted molar refractivity (Wildman–Crippen MR) is 68.8 cm³/mol. The lowest BCUT2D eigenvalue weighted by atomic mass is 10.2. The highest BCUT2D eigenvalue weighted by atomic mass is 79.9. The van der Waals surface area contributed by atoms with Gasteiger partial charge in [0.1, 0.15) is 0 Å². The summed E-state index contributed by atoms with van der Waals surface area (Å²) in [5, 5.41) is 6.61. The van der Waals surface area contributed by atoms with Crippen LogP contribution < -0.4 is 10.6 Å². The van der Waals surface area contributed by atoms with E-state index in [2.05, 4.69) is 26.6 Å². The Morgan fingerprint density at radius 1 is 1.56 bits per heavy atom. The minimum absolute atomic E-state index is 0.000432. The summed E-state index contributed by atoms with van der Waals surface area (Å²) in [4.78, 5) is 11.8. The number of halogens is 2. The Morgan fingerprint density at radius 3 is 3.06 bits per heavy atom. The fraction of sp³-hybridized carbons (Fsp3) is 0.364. The van der Waals surface area contributed by atoms with Crippen molar-refractivity contribution in [2.45, 2.75) is 18.9 Å². The fourth-order valence-electron chi connectivity index (χ4n) is 1.73. The maximum atomic E-state index is 11.8. The van der Waals surface area contributed by atoms with Crippen molar-refractivity contribution in [3.63, 3.8) is 0 Å². The van der Waals surface area contributed by atoms with Crippen LogP contribution in [-0.4, -0.2) is 18.5 Å². The highest BCUT2D eigenvalue weighted by Crippen LogP contribution is 2.30. The van der Waals surface area contributed by atoms with Crippen LogP contribution >= 0.6 is 27.5 Å². The lowest BCUT2D eigenvalue weighted by Crippen LogP contribution is -2.35. The average Bonchev–Trinajstić information content (AvgIpc) is 2.78. The van der Waals surface area contributed by atoms with Crippen LogP contribution in [0.1, 0.15) is 12.8 Å². The zero-order chi connectivity index (χ0) is 11.5. The third-order valence-corrected chi connectivity index (χ3v) is 3.98. The summed E-state index contributed by atoms with van der Waals surface area (Å²) in [6.07, 6.45) is 1.94. The van der Waals surface area contributed by atoms with E-state index in [4.69, 9.17) is 11.6 Å². The van der Waals surface area contributed by atoms with E-state index in [0.29, 0.717) is 10.7 Å². The number of amides is 1. The Labute approximate surface area is 108 Å². The molecule has 1 aliphatic heterocycles. The highest BCUT2D eigenvalue weighted by molar-refractivity contribution is 9.10. The van der Waals surface area contributed by atoms with Gasteiger partial charge in [-0.25, -0.2) is 0 Å². The lowest BCUT2D eigenvalue weighted by molar-refractivity contribution is -0.117. The van der Waals surface area contributed by atoms with Gasteiger partial charge in [0.15, 0.2) is 0 Å². The van der Waals surface area contributed by atoms with Crippen molar-refractivity contribution in [1.29, 1.82) is 0 Å². The van der Waals surface area contributed by atoms with Gasteiger partial charge in [-0.1, -0.05) is 17.7 Å². The Hall–Kier alpha value is -0.580. The normalized spacial score (nSPS) is 19.8. The summed E-state index contributed by atoms with van der Waals surface area (Å²) in [5.41, 5.74) is 0.714. The van der Waals surface area contributed by atoms with Crippen molar-refractivity contribution >= 4 is 39.1 Å². The van der Waals surface area contributed by atoms with Crippen LogP contribution in [0.25, 0.3) is 0 Å². The molecule has 1 saturated heterocycles. The summed E-state index contributed by atoms with van der Waals surface area (Å²) in [7, 11) is 0. The van der Waals surface area contributed by atoms with E-state index in [-0.39, 0.29) is 11.9 Å². The number of rotatable bonds is 2. The number of carbonyl (C=O) groups is 1. The van der Waals surface area contributed by atoms with E-state index < -0.39 is 0 Å². The first-order valence-corrected chi connectivity index (χ1v) is 6.34. The molecule has 0 aliphatic carbocycles. The van der Waals surface area contributed by atoms with Gasteiger partial charge < -0.3 is 10.6 Å². The van der Waals surface area contributed by atoms with Crippen LogP contribution in [0.5, 0.6) is 0 Å². The molecule has 5 heteroatoms. The first-order chi connectivity index (χ1) is 7.68. The number of anilines is 1. The van der Waals surface area contributed by atoms with Gasteiger partial charge in [-0.15, -0.1) is 0 Å². The van der Waals surface area contributed by atoms with Gasteiger partial charge in [-0.05, 0) is 47.4 Å². The largest absolute Gasteiger partial charge is 0.324 e. The molecule has 1 aromatic carbocycles. The summed E-state index contributed by atoms with van der Waals surface area (Å²) in [6, 6.07) is 5.33. The molecule has 0 aromatic heterocycles. The molecular weight excluding hydrogens is 291 g/mol. The first-order valence-electron chi connectivity index (χ1n) is 5.17. The van der Waals surface area contributed by atoms with Gasteiger partial charge in [-0.2, -0.15) is 0 Å². The van der Waals surface area contributed by atoms with E-state index in [1.54, 1.807) is 6.07 Å². The summed E-state index contributed by atoms with van der Waals surface area (Å²) in [5.74, 6) is 0.000432. The Bertz CT molecular complexity index is 405. The summed E-state index contributed by atoms with van der Waals surface area (Å²) in [6.45, 7) is 0.912. The minimum Gasteiger partial charge on any atom is -0.324 e. The Morgan fingerprint density at radius 2 is 2.38 bits per heavy atom. The molecule has 1 unspecified atom stereocenters. The molecule has 0 bridgehead atoms. The second kappa shape index (κ2) is 5.17. The topological polar surface area (TPSA) is 41.1 Å². The van der Waals surface area contributed by atoms with E-state index in [0.717, 1.165) is 23.9 Å². The van der Waals surface area contributed by atoms with Gasteiger partial charge in [0.2, 0.25) is 5.91 Å². The molecule has 1 aliphatic rings. The second-order valence-electron chi connectivity index (χ2n) is 3.74. The molecule has 1 amide bonds. The molecule has 16 heavy (non-hydrogen) atoms. The molecule has 1 aromatic rings. The van der Waals surface area contributed by atoms with Crippen molar-refractivity contribution < 1.29 is 4.79 Å². The number of hydrogen-bond acceptors (Lipinski definition) is 2. The first kappa shape index (κ1) is 11.9. The maximum Gasteiger partial charge on any atom is 0.241 e. The predicted octanol–water partition coefficient (Wildman–Crippen LogP) is 2.79. The van der Waals surface area contributed by atoms with E-state index in [9.17, 15) is 4.79 Å². The van der Waals surface area contributed by atoms with Crippen LogP contribution in [0.15, 0.2) is 22.7 Å². The smallest absolute Gasteiger partial charge is 0.241 e. The van der Waals surface area contributed by atoms with Crippen molar-refractivity contribution in [1.82, 2.24) is 5.32 Å². The zero-order valence-corrected chi connectivity index (χ0v) is 10.9. The standard InChI is InChI=1S/C11H12BrClN2O/c12-10-7(13)3-1-4-8(10)15-11(16)9-5-2-6-14-9/h1,3-4,9,14H,2,5-6H2,(H,15,16). The molecule has 2 N–H and O–H groups in total. The van der Waals surface area contributed by atoms with Crippen LogP contribution in [0.2, 0.25) is 5.02 Å². The summed E-state index contributed by atoms with van der Waals surface area (Å²) < 4.78 is 0.725. The molecule has 1 fully saturated rings. The van der Waals surface area contributed by atoms with Crippen LogP contribution in [-0.2, 0) is 4.79 Å². The second-order valence-corrected chi connectivity index (χ2v) is 4.94. The molecule has 86 valence electrons. The maximum absolute atomic E-state index is 11.8.